The maximum atomic E-state index is 12.4. The SMILES string of the molecule is CNC(=O)Nc1ccc(C(F)(F)F)cc1C(=O)O. The van der Waals surface area contributed by atoms with E-state index in [0.29, 0.717) is 12.1 Å². The third-order valence-electron chi connectivity index (χ3n) is 2.05. The van der Waals surface area contributed by atoms with Crippen molar-refractivity contribution < 1.29 is 27.9 Å². The van der Waals surface area contributed by atoms with E-state index in [2.05, 4.69) is 10.6 Å². The van der Waals surface area contributed by atoms with Gasteiger partial charge in [0.2, 0.25) is 0 Å². The lowest BCUT2D eigenvalue weighted by atomic mass is 10.1. The highest BCUT2D eigenvalue weighted by Gasteiger charge is 2.31. The Morgan fingerprint density at radius 3 is 2.33 bits per heavy atom. The number of carboxylic acid groups (broad SMARTS) is 1. The first-order valence-electron chi connectivity index (χ1n) is 4.69. The van der Waals surface area contributed by atoms with Crippen LogP contribution in [0.15, 0.2) is 18.2 Å². The zero-order chi connectivity index (χ0) is 13.9. The summed E-state index contributed by atoms with van der Waals surface area (Å²) in [5, 5.41) is 13.1. The molecule has 1 aromatic carbocycles. The number of benzene rings is 1. The second-order valence-electron chi connectivity index (χ2n) is 3.27. The number of anilines is 1. The summed E-state index contributed by atoms with van der Waals surface area (Å²) >= 11 is 0. The molecule has 0 radical (unpaired) electrons. The first-order valence-corrected chi connectivity index (χ1v) is 4.69. The number of amides is 2. The van der Waals surface area contributed by atoms with Gasteiger partial charge in [-0.05, 0) is 18.2 Å². The molecule has 98 valence electrons. The van der Waals surface area contributed by atoms with Gasteiger partial charge in [0.25, 0.3) is 0 Å². The summed E-state index contributed by atoms with van der Waals surface area (Å²) in [7, 11) is 1.29. The van der Waals surface area contributed by atoms with Crippen LogP contribution < -0.4 is 10.6 Å². The minimum atomic E-state index is -4.64. The lowest BCUT2D eigenvalue weighted by molar-refractivity contribution is -0.137. The van der Waals surface area contributed by atoms with Crippen molar-refractivity contribution in [3.05, 3.63) is 29.3 Å². The molecule has 0 aromatic heterocycles. The van der Waals surface area contributed by atoms with Crippen molar-refractivity contribution >= 4 is 17.7 Å². The molecule has 0 bridgehead atoms. The molecule has 0 atom stereocenters. The summed E-state index contributed by atoms with van der Waals surface area (Å²) in [4.78, 5) is 21.8. The molecule has 0 aliphatic heterocycles. The quantitative estimate of drug-likeness (QED) is 0.764. The number of nitrogens with one attached hydrogen (secondary N) is 2. The van der Waals surface area contributed by atoms with Crippen LogP contribution in [0.5, 0.6) is 0 Å². The molecule has 18 heavy (non-hydrogen) atoms. The zero-order valence-electron chi connectivity index (χ0n) is 9.13. The number of aromatic carboxylic acids is 1. The molecule has 1 aromatic rings. The number of carbonyl (C=O) groups is 2. The third kappa shape index (κ3) is 3.12. The van der Waals surface area contributed by atoms with Crippen molar-refractivity contribution in [3.8, 4) is 0 Å². The Balaban J connectivity index is 3.21. The van der Waals surface area contributed by atoms with E-state index in [1.807, 2.05) is 0 Å². The minimum absolute atomic E-state index is 0.213. The van der Waals surface area contributed by atoms with Crippen LogP contribution in [0.25, 0.3) is 0 Å². The molecular weight excluding hydrogens is 253 g/mol. The fourth-order valence-electron chi connectivity index (χ4n) is 1.19. The van der Waals surface area contributed by atoms with Crippen LogP contribution in [0.2, 0.25) is 0 Å². The van der Waals surface area contributed by atoms with Gasteiger partial charge in [-0.1, -0.05) is 0 Å². The number of hydrogen-bond donors (Lipinski definition) is 3. The summed E-state index contributed by atoms with van der Waals surface area (Å²) < 4.78 is 37.2. The van der Waals surface area contributed by atoms with Crippen molar-refractivity contribution in [2.75, 3.05) is 12.4 Å². The molecule has 8 heteroatoms. The van der Waals surface area contributed by atoms with Gasteiger partial charge in [0.05, 0.1) is 16.8 Å². The van der Waals surface area contributed by atoms with Gasteiger partial charge in [0, 0.05) is 7.05 Å². The summed E-state index contributed by atoms with van der Waals surface area (Å²) in [6, 6.07) is 1.32. The highest BCUT2D eigenvalue weighted by Crippen LogP contribution is 2.31. The molecule has 0 spiro atoms. The van der Waals surface area contributed by atoms with Crippen molar-refractivity contribution in [1.29, 1.82) is 0 Å². The second-order valence-corrected chi connectivity index (χ2v) is 3.27. The van der Waals surface area contributed by atoms with Crippen LogP contribution in [0.1, 0.15) is 15.9 Å². The Kier molecular flexibility index (Phi) is 3.79. The number of alkyl halides is 3. The molecule has 5 nitrogen and oxygen atoms in total. The van der Waals surface area contributed by atoms with Gasteiger partial charge >= 0.3 is 18.2 Å². The number of urea groups is 1. The van der Waals surface area contributed by atoms with E-state index in [1.54, 1.807) is 0 Å². The average molecular weight is 262 g/mol. The van der Waals surface area contributed by atoms with Crippen LogP contribution >= 0.6 is 0 Å². The predicted octanol–water partition coefficient (Wildman–Crippen LogP) is 2.15. The van der Waals surface area contributed by atoms with E-state index in [4.69, 9.17) is 5.11 Å². The van der Waals surface area contributed by atoms with E-state index in [9.17, 15) is 22.8 Å². The normalized spacial score (nSPS) is 10.9. The van der Waals surface area contributed by atoms with Crippen LogP contribution in [0.3, 0.4) is 0 Å². The Morgan fingerprint density at radius 1 is 1.28 bits per heavy atom. The van der Waals surface area contributed by atoms with Gasteiger partial charge in [-0.25, -0.2) is 9.59 Å². The number of rotatable bonds is 2. The van der Waals surface area contributed by atoms with Gasteiger partial charge in [0.15, 0.2) is 0 Å². The molecule has 0 fully saturated rings. The maximum Gasteiger partial charge on any atom is 0.416 e. The van der Waals surface area contributed by atoms with Crippen LogP contribution in [0.4, 0.5) is 23.7 Å². The lowest BCUT2D eigenvalue weighted by Gasteiger charge is -2.11. The Hall–Kier alpha value is -2.25. The Labute approximate surface area is 99.6 Å². The fraction of sp³-hybridized carbons (Fsp3) is 0.200. The second kappa shape index (κ2) is 4.94. The fourth-order valence-corrected chi connectivity index (χ4v) is 1.19. The molecule has 0 saturated heterocycles. The van der Waals surface area contributed by atoms with E-state index in [0.717, 1.165) is 6.07 Å². The predicted molar refractivity (Wildman–Crippen MR) is 56.5 cm³/mol. The van der Waals surface area contributed by atoms with Crippen molar-refractivity contribution in [2.24, 2.45) is 0 Å². The molecule has 3 N–H and O–H groups in total. The highest BCUT2D eigenvalue weighted by atomic mass is 19.4. The van der Waals surface area contributed by atoms with Crippen molar-refractivity contribution in [2.45, 2.75) is 6.18 Å². The summed E-state index contributed by atoms with van der Waals surface area (Å²) in [6.45, 7) is 0. The monoisotopic (exact) mass is 262 g/mol. The molecule has 0 unspecified atom stereocenters. The van der Waals surface area contributed by atoms with E-state index in [-0.39, 0.29) is 5.69 Å². The van der Waals surface area contributed by atoms with E-state index in [1.165, 1.54) is 7.05 Å². The van der Waals surface area contributed by atoms with Crippen LogP contribution in [0, 0.1) is 0 Å². The van der Waals surface area contributed by atoms with Crippen molar-refractivity contribution in [3.63, 3.8) is 0 Å². The number of hydrogen-bond acceptors (Lipinski definition) is 2. The lowest BCUT2D eigenvalue weighted by Crippen LogP contribution is -2.25. The Bertz CT molecular complexity index is 486. The molecule has 0 aliphatic carbocycles. The topological polar surface area (TPSA) is 78.4 Å². The molecule has 2 amide bonds. The molecule has 0 aliphatic rings. The van der Waals surface area contributed by atoms with Crippen LogP contribution in [-0.4, -0.2) is 24.2 Å². The maximum absolute atomic E-state index is 12.4. The van der Waals surface area contributed by atoms with Gasteiger partial charge in [-0.3, -0.25) is 0 Å². The number of carboxylic acids is 1. The van der Waals surface area contributed by atoms with Gasteiger partial charge in [-0.15, -0.1) is 0 Å². The summed E-state index contributed by atoms with van der Waals surface area (Å²) in [5.74, 6) is -1.56. The van der Waals surface area contributed by atoms with Crippen LogP contribution in [-0.2, 0) is 6.18 Å². The number of carbonyl (C=O) groups excluding carboxylic acids is 1. The smallest absolute Gasteiger partial charge is 0.416 e. The van der Waals surface area contributed by atoms with Gasteiger partial charge in [-0.2, -0.15) is 13.2 Å². The first kappa shape index (κ1) is 13.8. The van der Waals surface area contributed by atoms with Gasteiger partial charge < -0.3 is 15.7 Å². The summed E-state index contributed by atoms with van der Waals surface area (Å²) in [6.07, 6.45) is -4.64. The highest BCUT2D eigenvalue weighted by molar-refractivity contribution is 6.00. The Morgan fingerprint density at radius 2 is 1.89 bits per heavy atom. The molecule has 0 saturated carbocycles. The molecule has 0 heterocycles. The zero-order valence-corrected chi connectivity index (χ0v) is 9.13. The standard InChI is InChI=1S/C10H9F3N2O3/c1-14-9(18)15-7-3-2-5(10(11,12)13)4-6(7)8(16)17/h2-4H,1H3,(H,16,17)(H2,14,15,18). The average Bonchev–Trinajstić information content (AvgIpc) is 2.27. The van der Waals surface area contributed by atoms with Gasteiger partial charge in [0.1, 0.15) is 0 Å². The van der Waals surface area contributed by atoms with E-state index < -0.39 is 29.3 Å². The largest absolute Gasteiger partial charge is 0.478 e. The third-order valence-corrected chi connectivity index (χ3v) is 2.05. The molecular formula is C10H9F3N2O3. The molecule has 1 rings (SSSR count). The first-order chi connectivity index (χ1) is 8.25. The van der Waals surface area contributed by atoms with E-state index >= 15 is 0 Å². The van der Waals surface area contributed by atoms with Crippen molar-refractivity contribution in [1.82, 2.24) is 5.32 Å². The minimum Gasteiger partial charge on any atom is -0.478 e. The summed E-state index contributed by atoms with van der Waals surface area (Å²) in [5.41, 5.74) is -1.94. The number of halogens is 3.